The van der Waals surface area contributed by atoms with Crippen LogP contribution in [0.2, 0.25) is 0 Å². The van der Waals surface area contributed by atoms with Crippen LogP contribution in [-0.4, -0.2) is 0 Å². The van der Waals surface area contributed by atoms with Crippen molar-refractivity contribution in [1.29, 1.82) is 0 Å². The van der Waals surface area contributed by atoms with Crippen molar-refractivity contribution in [2.45, 2.75) is 87.0 Å². The van der Waals surface area contributed by atoms with E-state index in [0.29, 0.717) is 35.0 Å². The van der Waals surface area contributed by atoms with Crippen LogP contribution in [-0.2, 0) is 0 Å². The molecule has 2 fully saturated rings. The maximum Gasteiger partial charge on any atom is -0.00952 e. The lowest BCUT2D eigenvalue weighted by molar-refractivity contribution is 0.0451. The summed E-state index contributed by atoms with van der Waals surface area (Å²) in [6.07, 6.45) is 25.9. The summed E-state index contributed by atoms with van der Waals surface area (Å²) in [6.45, 7) is 21.1. The van der Waals surface area contributed by atoms with Gasteiger partial charge >= 0.3 is 0 Å². The van der Waals surface area contributed by atoms with Gasteiger partial charge in [-0.25, -0.2) is 0 Å². The summed E-state index contributed by atoms with van der Waals surface area (Å²) in [6, 6.07) is 0. The predicted octanol–water partition coefficient (Wildman–Crippen LogP) is 9.33. The van der Waals surface area contributed by atoms with Crippen LogP contribution in [0.5, 0.6) is 0 Å². The minimum Gasteiger partial charge on any atom is -0.103 e. The number of fused-ring (bicyclic) bond motifs is 3. The smallest absolute Gasteiger partial charge is 0.00952 e. The van der Waals surface area contributed by atoms with Crippen LogP contribution in [0, 0.1) is 51.8 Å². The minimum absolute atomic E-state index is 0.215. The zero-order valence-electron chi connectivity index (χ0n) is 22.0. The molecule has 32 heavy (non-hydrogen) atoms. The van der Waals surface area contributed by atoms with Gasteiger partial charge in [-0.05, 0) is 88.6 Å². The Bertz CT molecular complexity index is 774. The quantitative estimate of drug-likeness (QED) is 0.380. The van der Waals surface area contributed by atoms with Crippen molar-refractivity contribution in [3.63, 3.8) is 0 Å². The lowest BCUT2D eigenvalue weighted by Gasteiger charge is -2.47. The van der Waals surface area contributed by atoms with Crippen LogP contribution in [0.15, 0.2) is 60.3 Å². The SMILES string of the molecule is C=CCC[C@](C)(C1CCCC1)C1C2C=C(C(C)(C)C)C=CC2C2C=CC(C(C)(C)C)=CC21. The van der Waals surface area contributed by atoms with E-state index in [9.17, 15) is 0 Å². The summed E-state index contributed by atoms with van der Waals surface area (Å²) in [5.74, 6) is 4.18. The number of allylic oxidation sites excluding steroid dienone is 9. The van der Waals surface area contributed by atoms with E-state index < -0.39 is 0 Å². The molecule has 0 saturated heterocycles. The molecule has 2 saturated carbocycles. The van der Waals surface area contributed by atoms with Gasteiger partial charge in [0.2, 0.25) is 0 Å². The van der Waals surface area contributed by atoms with Gasteiger partial charge in [-0.15, -0.1) is 6.58 Å². The van der Waals surface area contributed by atoms with E-state index in [2.05, 4.69) is 97.6 Å². The molecule has 4 rings (SSSR count). The fourth-order valence-electron chi connectivity index (χ4n) is 7.67. The molecule has 0 radical (unpaired) electrons. The largest absolute Gasteiger partial charge is 0.103 e. The first-order valence-electron chi connectivity index (χ1n) is 13.4. The Hall–Kier alpha value is -1.30. The van der Waals surface area contributed by atoms with Crippen LogP contribution >= 0.6 is 0 Å². The van der Waals surface area contributed by atoms with E-state index >= 15 is 0 Å². The van der Waals surface area contributed by atoms with Crippen molar-refractivity contribution in [2.75, 3.05) is 0 Å². The van der Waals surface area contributed by atoms with E-state index in [4.69, 9.17) is 0 Å². The molecule has 4 aliphatic carbocycles. The Balaban J connectivity index is 1.84. The van der Waals surface area contributed by atoms with Gasteiger partial charge in [0.15, 0.2) is 0 Å². The fourth-order valence-corrected chi connectivity index (χ4v) is 7.67. The Morgan fingerprint density at radius 2 is 1.25 bits per heavy atom. The molecule has 0 amide bonds. The Labute approximate surface area is 199 Å². The molecule has 0 heteroatoms. The molecule has 0 aromatic carbocycles. The lowest BCUT2D eigenvalue weighted by Crippen LogP contribution is -2.40. The monoisotopic (exact) mass is 432 g/mol. The first-order valence-corrected chi connectivity index (χ1v) is 13.4. The molecule has 4 unspecified atom stereocenters. The van der Waals surface area contributed by atoms with Gasteiger partial charge in [-0.2, -0.15) is 0 Å². The highest BCUT2D eigenvalue weighted by molar-refractivity contribution is 5.39. The molecule has 4 aliphatic rings. The van der Waals surface area contributed by atoms with Crippen molar-refractivity contribution >= 4 is 0 Å². The van der Waals surface area contributed by atoms with E-state index in [-0.39, 0.29) is 10.8 Å². The Kier molecular flexibility index (Phi) is 6.32. The van der Waals surface area contributed by atoms with E-state index in [1.807, 2.05) is 0 Å². The molecular weight excluding hydrogens is 384 g/mol. The van der Waals surface area contributed by atoms with Crippen LogP contribution in [0.25, 0.3) is 0 Å². The summed E-state index contributed by atoms with van der Waals surface area (Å²) in [5, 5.41) is 0. The third-order valence-corrected chi connectivity index (χ3v) is 9.57. The molecule has 0 heterocycles. The fraction of sp³-hybridized carbons (Fsp3) is 0.688. The molecule has 0 nitrogen and oxygen atoms in total. The summed E-state index contributed by atoms with van der Waals surface area (Å²) < 4.78 is 0. The summed E-state index contributed by atoms with van der Waals surface area (Å²) in [7, 11) is 0. The molecule has 0 spiro atoms. The first kappa shape index (κ1) is 23.8. The molecular formula is C32H48. The zero-order valence-corrected chi connectivity index (χ0v) is 22.0. The first-order chi connectivity index (χ1) is 15.0. The number of hydrogen-bond acceptors (Lipinski definition) is 0. The molecule has 5 atom stereocenters. The molecule has 0 bridgehead atoms. The van der Waals surface area contributed by atoms with Gasteiger partial charge in [0.1, 0.15) is 0 Å². The molecule has 0 aromatic rings. The third kappa shape index (κ3) is 4.17. The second-order valence-electron chi connectivity index (χ2n) is 13.6. The van der Waals surface area contributed by atoms with E-state index in [1.165, 1.54) is 32.1 Å². The average molecular weight is 433 g/mol. The standard InChI is InChI=1S/C32H48/c1-9-10-19-32(8,22-13-11-12-14-22)29-27-20-23(30(2,3)4)15-17-25(27)26-18-16-24(21-28(26)29)31(5,6)7/h9,15-18,20-22,25-29H,1,10-14,19H2,2-8H3/t25?,26?,27?,28?,29?,32-/m1/s1. The van der Waals surface area contributed by atoms with Crippen LogP contribution in [0.1, 0.15) is 87.0 Å². The third-order valence-electron chi connectivity index (χ3n) is 9.57. The van der Waals surface area contributed by atoms with Gasteiger partial charge in [0.05, 0.1) is 0 Å². The summed E-state index contributed by atoms with van der Waals surface area (Å²) in [5.41, 5.74) is 3.90. The molecule has 0 aliphatic heterocycles. The predicted molar refractivity (Wildman–Crippen MR) is 140 cm³/mol. The topological polar surface area (TPSA) is 0 Å². The Morgan fingerprint density at radius 3 is 1.66 bits per heavy atom. The van der Waals surface area contributed by atoms with Gasteiger partial charge in [0.25, 0.3) is 0 Å². The maximum atomic E-state index is 4.12. The van der Waals surface area contributed by atoms with Gasteiger partial charge in [-0.1, -0.05) is 104 Å². The second kappa shape index (κ2) is 8.48. The van der Waals surface area contributed by atoms with Crippen molar-refractivity contribution in [3.8, 4) is 0 Å². The van der Waals surface area contributed by atoms with Crippen LogP contribution in [0.4, 0.5) is 0 Å². The van der Waals surface area contributed by atoms with Crippen molar-refractivity contribution in [1.82, 2.24) is 0 Å². The molecule has 0 aromatic heterocycles. The summed E-state index contributed by atoms with van der Waals surface area (Å²) in [4.78, 5) is 0. The highest BCUT2D eigenvalue weighted by Crippen LogP contribution is 2.63. The van der Waals surface area contributed by atoms with E-state index in [0.717, 1.165) is 12.3 Å². The molecule has 0 N–H and O–H groups in total. The van der Waals surface area contributed by atoms with Crippen molar-refractivity contribution in [3.05, 3.63) is 60.3 Å². The van der Waals surface area contributed by atoms with Gasteiger partial charge in [-0.3, -0.25) is 0 Å². The average Bonchev–Trinajstić information content (AvgIpc) is 3.36. The minimum atomic E-state index is 0.215. The number of hydrogen-bond donors (Lipinski definition) is 0. The maximum absolute atomic E-state index is 4.12. The van der Waals surface area contributed by atoms with E-state index in [1.54, 1.807) is 11.1 Å². The van der Waals surface area contributed by atoms with Crippen molar-refractivity contribution in [2.24, 2.45) is 51.8 Å². The normalized spacial score (nSPS) is 34.5. The summed E-state index contributed by atoms with van der Waals surface area (Å²) >= 11 is 0. The highest BCUT2D eigenvalue weighted by atomic mass is 14.6. The lowest BCUT2D eigenvalue weighted by atomic mass is 9.57. The molecule has 176 valence electrons. The van der Waals surface area contributed by atoms with Crippen LogP contribution in [0.3, 0.4) is 0 Å². The number of rotatable bonds is 5. The van der Waals surface area contributed by atoms with Crippen molar-refractivity contribution < 1.29 is 0 Å². The zero-order chi connectivity index (χ0) is 23.3. The van der Waals surface area contributed by atoms with Crippen LogP contribution < -0.4 is 0 Å². The van der Waals surface area contributed by atoms with Gasteiger partial charge < -0.3 is 0 Å². The Morgan fingerprint density at radius 1 is 0.781 bits per heavy atom. The highest BCUT2D eigenvalue weighted by Gasteiger charge is 2.57. The van der Waals surface area contributed by atoms with Gasteiger partial charge in [0, 0.05) is 0 Å². The second-order valence-corrected chi connectivity index (χ2v) is 13.6.